The predicted molar refractivity (Wildman–Crippen MR) is 87.2 cm³/mol. The summed E-state index contributed by atoms with van der Waals surface area (Å²) < 4.78 is 2.31. The maximum atomic E-state index is 4.37. The van der Waals surface area contributed by atoms with Crippen LogP contribution in [0.2, 0.25) is 0 Å². The van der Waals surface area contributed by atoms with E-state index in [-0.39, 0.29) is 0 Å². The van der Waals surface area contributed by atoms with Gasteiger partial charge in [-0.1, -0.05) is 48.5 Å². The Balaban J connectivity index is 2.05. The molecule has 4 aromatic rings. The molecule has 0 saturated carbocycles. The van der Waals surface area contributed by atoms with Crippen LogP contribution >= 0.6 is 0 Å². The molecule has 2 heteroatoms. The highest BCUT2D eigenvalue weighted by molar-refractivity contribution is 6.08. The van der Waals surface area contributed by atoms with E-state index >= 15 is 0 Å². The Labute approximate surface area is 123 Å². The van der Waals surface area contributed by atoms with Gasteiger partial charge in [0.25, 0.3) is 0 Å². The fourth-order valence-electron chi connectivity index (χ4n) is 3.00. The lowest BCUT2D eigenvalue weighted by Gasteiger charge is -2.08. The van der Waals surface area contributed by atoms with Crippen LogP contribution in [0.3, 0.4) is 0 Å². The van der Waals surface area contributed by atoms with E-state index in [4.69, 9.17) is 0 Å². The van der Waals surface area contributed by atoms with Crippen molar-refractivity contribution in [2.24, 2.45) is 0 Å². The molecular weight excluding hydrogens is 256 g/mol. The van der Waals surface area contributed by atoms with Crippen molar-refractivity contribution >= 4 is 21.8 Å². The number of hydrogen-bond donors (Lipinski definition) is 0. The number of nitrogens with zero attached hydrogens (tertiary/aromatic N) is 2. The minimum absolute atomic E-state index is 0.832. The molecule has 0 bridgehead atoms. The Hall–Kier alpha value is -2.61. The summed E-state index contributed by atoms with van der Waals surface area (Å²) in [5.41, 5.74) is 4.47. The van der Waals surface area contributed by atoms with Crippen molar-refractivity contribution in [2.45, 2.75) is 6.54 Å². The van der Waals surface area contributed by atoms with Gasteiger partial charge in [0.15, 0.2) is 0 Å². The van der Waals surface area contributed by atoms with Gasteiger partial charge in [-0.25, -0.2) is 0 Å². The van der Waals surface area contributed by atoms with E-state index in [1.165, 1.54) is 21.9 Å². The smallest absolute Gasteiger partial charge is 0.0713 e. The van der Waals surface area contributed by atoms with Crippen molar-refractivity contribution < 1.29 is 0 Å². The molecule has 101 valence electrons. The van der Waals surface area contributed by atoms with Gasteiger partial charge in [-0.05, 0) is 24.6 Å². The van der Waals surface area contributed by atoms with Crippen LogP contribution < -0.4 is 0 Å². The van der Waals surface area contributed by atoms with E-state index in [1.54, 1.807) is 0 Å². The minimum atomic E-state index is 0.832. The first kappa shape index (κ1) is 12.2. The number of para-hydroxylation sites is 1. The molecule has 2 aromatic carbocycles. The standard InChI is InChI=1S/C19H15N2/c1-14-19-17(11-12-20-14)16-9-5-6-10-18(16)21(19)13-15-7-3-2-4-8-15/h2-12H,1,13H2. The molecule has 0 saturated heterocycles. The van der Waals surface area contributed by atoms with Crippen molar-refractivity contribution in [3.63, 3.8) is 0 Å². The van der Waals surface area contributed by atoms with Gasteiger partial charge in [0.05, 0.1) is 11.2 Å². The monoisotopic (exact) mass is 271 g/mol. The number of aromatic nitrogens is 2. The first-order valence-electron chi connectivity index (χ1n) is 7.06. The molecule has 0 unspecified atom stereocenters. The molecule has 0 spiro atoms. The third-order valence-corrected chi connectivity index (χ3v) is 3.94. The Kier molecular flexibility index (Phi) is 2.74. The summed E-state index contributed by atoms with van der Waals surface area (Å²) in [5, 5.41) is 2.48. The molecular formula is C19H15N2. The van der Waals surface area contributed by atoms with Crippen LogP contribution in [-0.4, -0.2) is 9.55 Å². The van der Waals surface area contributed by atoms with Gasteiger partial charge in [0.1, 0.15) is 0 Å². The second-order valence-corrected chi connectivity index (χ2v) is 5.24. The lowest BCUT2D eigenvalue weighted by Crippen LogP contribution is -2.00. The van der Waals surface area contributed by atoms with E-state index in [1.807, 2.05) is 12.3 Å². The zero-order valence-corrected chi connectivity index (χ0v) is 11.7. The Morgan fingerprint density at radius 3 is 2.48 bits per heavy atom. The first-order chi connectivity index (χ1) is 10.3. The van der Waals surface area contributed by atoms with Gasteiger partial charge < -0.3 is 4.57 Å². The summed E-state index contributed by atoms with van der Waals surface area (Å²) in [6, 6.07) is 21.1. The SMILES string of the molecule is [CH2]c1nccc2c3ccccc3n(Cc3ccccc3)c12. The van der Waals surface area contributed by atoms with Crippen molar-refractivity contribution in [3.05, 3.63) is 85.0 Å². The molecule has 2 aromatic heterocycles. The number of rotatable bonds is 2. The molecule has 0 amide bonds. The molecule has 2 nitrogen and oxygen atoms in total. The van der Waals surface area contributed by atoms with Crippen LogP contribution in [0.5, 0.6) is 0 Å². The average Bonchev–Trinajstić information content (AvgIpc) is 2.84. The van der Waals surface area contributed by atoms with Crippen LogP contribution in [0.1, 0.15) is 11.3 Å². The third-order valence-electron chi connectivity index (χ3n) is 3.94. The molecule has 0 N–H and O–H groups in total. The van der Waals surface area contributed by atoms with Crippen LogP contribution in [0.4, 0.5) is 0 Å². The molecule has 21 heavy (non-hydrogen) atoms. The fraction of sp³-hybridized carbons (Fsp3) is 0.0526. The van der Waals surface area contributed by atoms with Crippen molar-refractivity contribution in [3.8, 4) is 0 Å². The number of pyridine rings is 1. The summed E-state index contributed by atoms with van der Waals surface area (Å²) in [6.07, 6.45) is 1.84. The molecule has 0 aliphatic heterocycles. The lowest BCUT2D eigenvalue weighted by atomic mass is 10.2. The zero-order valence-electron chi connectivity index (χ0n) is 11.7. The summed E-state index contributed by atoms with van der Waals surface area (Å²) in [7, 11) is 0. The van der Waals surface area contributed by atoms with Gasteiger partial charge in [-0.3, -0.25) is 4.98 Å². The van der Waals surface area contributed by atoms with Crippen molar-refractivity contribution in [2.75, 3.05) is 0 Å². The maximum absolute atomic E-state index is 4.37. The van der Waals surface area contributed by atoms with Gasteiger partial charge in [-0.2, -0.15) is 0 Å². The molecule has 0 atom stereocenters. The van der Waals surface area contributed by atoms with Crippen molar-refractivity contribution in [1.82, 2.24) is 9.55 Å². The Morgan fingerprint density at radius 2 is 1.62 bits per heavy atom. The topological polar surface area (TPSA) is 17.8 Å². The number of fused-ring (bicyclic) bond motifs is 3. The lowest BCUT2D eigenvalue weighted by molar-refractivity contribution is 0.864. The van der Waals surface area contributed by atoms with E-state index in [2.05, 4.69) is 71.1 Å². The summed E-state index contributed by atoms with van der Waals surface area (Å²) in [5.74, 6) is 0. The second-order valence-electron chi connectivity index (χ2n) is 5.24. The van der Waals surface area contributed by atoms with Gasteiger partial charge in [-0.15, -0.1) is 0 Å². The number of hydrogen-bond acceptors (Lipinski definition) is 1. The van der Waals surface area contributed by atoms with Crippen LogP contribution in [0.25, 0.3) is 21.8 Å². The van der Waals surface area contributed by atoms with Crippen LogP contribution in [0, 0.1) is 6.92 Å². The van der Waals surface area contributed by atoms with Gasteiger partial charge in [0.2, 0.25) is 0 Å². The normalized spacial score (nSPS) is 11.3. The maximum Gasteiger partial charge on any atom is 0.0713 e. The third kappa shape index (κ3) is 1.91. The van der Waals surface area contributed by atoms with E-state index in [0.717, 1.165) is 17.8 Å². The number of benzene rings is 2. The predicted octanol–water partition coefficient (Wildman–Crippen LogP) is 4.42. The molecule has 4 rings (SSSR count). The molecule has 0 aliphatic carbocycles. The first-order valence-corrected chi connectivity index (χ1v) is 7.06. The highest BCUT2D eigenvalue weighted by Gasteiger charge is 2.12. The van der Waals surface area contributed by atoms with E-state index in [0.29, 0.717) is 0 Å². The largest absolute Gasteiger partial charge is 0.334 e. The summed E-state index contributed by atoms with van der Waals surface area (Å²) in [4.78, 5) is 4.37. The summed E-state index contributed by atoms with van der Waals surface area (Å²) in [6.45, 7) is 4.95. The molecule has 0 aliphatic rings. The Bertz CT molecular complexity index is 920. The molecule has 1 radical (unpaired) electrons. The average molecular weight is 271 g/mol. The molecule has 0 fully saturated rings. The second kappa shape index (κ2) is 4.74. The van der Waals surface area contributed by atoms with Crippen molar-refractivity contribution in [1.29, 1.82) is 0 Å². The zero-order chi connectivity index (χ0) is 14.2. The Morgan fingerprint density at radius 1 is 0.857 bits per heavy atom. The van der Waals surface area contributed by atoms with Crippen LogP contribution in [-0.2, 0) is 6.54 Å². The highest BCUT2D eigenvalue weighted by Crippen LogP contribution is 2.30. The highest BCUT2D eigenvalue weighted by atomic mass is 15.0. The van der Waals surface area contributed by atoms with E-state index in [9.17, 15) is 0 Å². The van der Waals surface area contributed by atoms with Crippen LogP contribution in [0.15, 0.2) is 66.9 Å². The quantitative estimate of drug-likeness (QED) is 0.527. The molecule has 2 heterocycles. The van der Waals surface area contributed by atoms with Gasteiger partial charge >= 0.3 is 0 Å². The van der Waals surface area contributed by atoms with Gasteiger partial charge in [0, 0.05) is 29.0 Å². The minimum Gasteiger partial charge on any atom is -0.334 e. The fourth-order valence-corrected chi connectivity index (χ4v) is 3.00. The van der Waals surface area contributed by atoms with E-state index < -0.39 is 0 Å². The summed E-state index contributed by atoms with van der Waals surface area (Å²) >= 11 is 0.